The van der Waals surface area contributed by atoms with Gasteiger partial charge in [0.05, 0.1) is 29.9 Å². The summed E-state index contributed by atoms with van der Waals surface area (Å²) in [6.45, 7) is 3.18. The van der Waals surface area contributed by atoms with Crippen LogP contribution in [0.15, 0.2) is 53.8 Å². The average molecular weight is 398 g/mol. The summed E-state index contributed by atoms with van der Waals surface area (Å²) in [5.41, 5.74) is 3.32. The number of aryl methyl sites for hydroxylation is 1. The Kier molecular flexibility index (Phi) is 4.17. The molecule has 1 aromatic carbocycles. The van der Waals surface area contributed by atoms with Crippen LogP contribution in [0.4, 0.5) is 0 Å². The predicted octanol–water partition coefficient (Wildman–Crippen LogP) is 2.57. The van der Waals surface area contributed by atoms with Crippen LogP contribution in [0.2, 0.25) is 0 Å². The van der Waals surface area contributed by atoms with Gasteiger partial charge in [0.1, 0.15) is 5.82 Å². The molecule has 0 unspecified atom stereocenters. The summed E-state index contributed by atoms with van der Waals surface area (Å²) in [5, 5.41) is 13.3. The molecule has 0 fully saturated rings. The van der Waals surface area contributed by atoms with Gasteiger partial charge in [0.15, 0.2) is 11.2 Å². The molecule has 9 nitrogen and oxygen atoms in total. The van der Waals surface area contributed by atoms with E-state index in [1.54, 1.807) is 33.8 Å². The smallest absolute Gasteiger partial charge is 0.280 e. The van der Waals surface area contributed by atoms with Gasteiger partial charge in [-0.15, -0.1) is 0 Å². The fraction of sp³-hybridized carbons (Fsp3) is 0.190. The van der Waals surface area contributed by atoms with Gasteiger partial charge in [-0.3, -0.25) is 18.4 Å². The highest BCUT2D eigenvalue weighted by atomic mass is 16.1. The van der Waals surface area contributed by atoms with E-state index in [-0.39, 0.29) is 5.56 Å². The maximum absolute atomic E-state index is 13.0. The minimum Gasteiger partial charge on any atom is -0.332 e. The van der Waals surface area contributed by atoms with Crippen LogP contribution in [0.25, 0.3) is 28.3 Å². The second kappa shape index (κ2) is 7.00. The molecule has 0 aliphatic heterocycles. The number of hydrogen-bond donors (Lipinski definition) is 1. The number of nitrogens with zero attached hydrogens (tertiary/aromatic N) is 7. The molecule has 9 heteroatoms. The van der Waals surface area contributed by atoms with Crippen LogP contribution in [0, 0.1) is 11.3 Å². The number of fused-ring (bicyclic) bond motifs is 3. The Morgan fingerprint density at radius 3 is 2.83 bits per heavy atom. The van der Waals surface area contributed by atoms with E-state index in [2.05, 4.69) is 26.1 Å². The van der Waals surface area contributed by atoms with Crippen LogP contribution in [0.1, 0.15) is 24.5 Å². The van der Waals surface area contributed by atoms with Crippen molar-refractivity contribution >= 4 is 16.9 Å². The third kappa shape index (κ3) is 2.86. The minimum absolute atomic E-state index is 0.130. The summed E-state index contributed by atoms with van der Waals surface area (Å²) in [5.74, 6) is 1.17. The lowest BCUT2D eigenvalue weighted by atomic mass is 10.1. The summed E-state index contributed by atoms with van der Waals surface area (Å²) in [6.07, 6.45) is 7.91. The van der Waals surface area contributed by atoms with Crippen molar-refractivity contribution < 1.29 is 0 Å². The Morgan fingerprint density at radius 2 is 2.07 bits per heavy atom. The lowest BCUT2D eigenvalue weighted by Gasteiger charge is -2.05. The summed E-state index contributed by atoms with van der Waals surface area (Å²) < 4.78 is 5.29. The van der Waals surface area contributed by atoms with Crippen LogP contribution in [0.3, 0.4) is 0 Å². The zero-order valence-electron chi connectivity index (χ0n) is 16.3. The van der Waals surface area contributed by atoms with Gasteiger partial charge in [0, 0.05) is 25.1 Å². The third-order valence-corrected chi connectivity index (χ3v) is 5.02. The monoisotopic (exact) mass is 398 g/mol. The molecule has 4 heterocycles. The highest BCUT2D eigenvalue weighted by Gasteiger charge is 2.17. The second-order valence-electron chi connectivity index (χ2n) is 7.07. The number of rotatable bonds is 5. The van der Waals surface area contributed by atoms with Crippen molar-refractivity contribution in [2.45, 2.75) is 26.4 Å². The van der Waals surface area contributed by atoms with E-state index in [0.717, 1.165) is 17.5 Å². The number of hydrogen-bond acceptors (Lipinski definition) is 5. The molecule has 0 saturated heterocycles. The Labute approximate surface area is 170 Å². The molecule has 0 bridgehead atoms. The topological polar surface area (TPSA) is 110 Å². The van der Waals surface area contributed by atoms with E-state index in [4.69, 9.17) is 5.26 Å². The molecule has 0 amide bonds. The predicted molar refractivity (Wildman–Crippen MR) is 111 cm³/mol. The standard InChI is InChI=1S/C21H18N8O/c1-2-8-29-20(30)17-19(28-9-7-23-21(28)29)26-18(25-17)16-11-24-27(13-16)12-15-5-3-14(10-22)4-6-15/h3-7,9,11,13H,2,8,12H2,1H3,(H,25,26). The Hall–Kier alpha value is -4.19. The van der Waals surface area contributed by atoms with Gasteiger partial charge in [-0.1, -0.05) is 19.1 Å². The van der Waals surface area contributed by atoms with E-state index in [1.165, 1.54) is 0 Å². The molecule has 5 aromatic rings. The van der Waals surface area contributed by atoms with Crippen molar-refractivity contribution in [3.8, 4) is 17.5 Å². The molecule has 0 atom stereocenters. The molecule has 148 valence electrons. The van der Waals surface area contributed by atoms with Crippen molar-refractivity contribution in [3.63, 3.8) is 0 Å². The first kappa shape index (κ1) is 17.9. The lowest BCUT2D eigenvalue weighted by Crippen LogP contribution is -2.23. The van der Waals surface area contributed by atoms with Crippen molar-refractivity contribution in [1.82, 2.24) is 33.7 Å². The molecule has 0 aliphatic rings. The largest absolute Gasteiger partial charge is 0.332 e. The van der Waals surface area contributed by atoms with E-state index >= 15 is 0 Å². The first-order valence-electron chi connectivity index (χ1n) is 9.65. The summed E-state index contributed by atoms with van der Waals surface area (Å²) in [6, 6.07) is 9.51. The number of nitrogens with one attached hydrogen (secondary N) is 1. The van der Waals surface area contributed by atoms with Gasteiger partial charge in [-0.05, 0) is 24.1 Å². The van der Waals surface area contributed by atoms with Crippen molar-refractivity contribution in [1.29, 1.82) is 5.26 Å². The lowest BCUT2D eigenvalue weighted by molar-refractivity contribution is 0.663. The maximum atomic E-state index is 13.0. The number of imidazole rings is 2. The number of H-pyrrole nitrogens is 1. The normalized spacial score (nSPS) is 11.3. The van der Waals surface area contributed by atoms with Gasteiger partial charge < -0.3 is 4.98 Å². The Bertz CT molecular complexity index is 1460. The average Bonchev–Trinajstić information content (AvgIpc) is 3.50. The van der Waals surface area contributed by atoms with Gasteiger partial charge in [0.25, 0.3) is 5.56 Å². The number of benzene rings is 1. The van der Waals surface area contributed by atoms with E-state index in [9.17, 15) is 4.79 Å². The van der Waals surface area contributed by atoms with Crippen LogP contribution in [-0.2, 0) is 13.1 Å². The van der Waals surface area contributed by atoms with E-state index in [1.807, 2.05) is 35.9 Å². The molecular weight excluding hydrogens is 380 g/mol. The Morgan fingerprint density at radius 1 is 1.23 bits per heavy atom. The Balaban J connectivity index is 1.53. The van der Waals surface area contributed by atoms with Crippen molar-refractivity contribution in [2.75, 3.05) is 0 Å². The third-order valence-electron chi connectivity index (χ3n) is 5.02. The molecule has 5 rings (SSSR count). The van der Waals surface area contributed by atoms with Crippen molar-refractivity contribution in [3.05, 3.63) is 70.5 Å². The summed E-state index contributed by atoms with van der Waals surface area (Å²) in [4.78, 5) is 25.1. The fourth-order valence-corrected chi connectivity index (χ4v) is 3.58. The SMILES string of the molecule is CCCn1c(=O)c2[nH]c(-c3cnn(Cc4ccc(C#N)cc4)c3)nc2n2ccnc12. The second-order valence-corrected chi connectivity index (χ2v) is 7.07. The number of aromatic amines is 1. The number of aromatic nitrogens is 7. The molecule has 1 N–H and O–H groups in total. The van der Waals surface area contributed by atoms with Gasteiger partial charge in [0.2, 0.25) is 5.78 Å². The fourth-order valence-electron chi connectivity index (χ4n) is 3.58. The molecule has 0 saturated carbocycles. The van der Waals surface area contributed by atoms with Gasteiger partial charge in [-0.25, -0.2) is 9.97 Å². The van der Waals surface area contributed by atoms with Crippen LogP contribution in [0.5, 0.6) is 0 Å². The first-order valence-corrected chi connectivity index (χ1v) is 9.65. The molecule has 0 spiro atoms. The summed E-state index contributed by atoms with van der Waals surface area (Å²) >= 11 is 0. The molecule has 30 heavy (non-hydrogen) atoms. The first-order chi connectivity index (χ1) is 14.7. The zero-order chi connectivity index (χ0) is 20.7. The van der Waals surface area contributed by atoms with Gasteiger partial charge >= 0.3 is 0 Å². The van der Waals surface area contributed by atoms with Crippen LogP contribution >= 0.6 is 0 Å². The maximum Gasteiger partial charge on any atom is 0.280 e. The van der Waals surface area contributed by atoms with Crippen LogP contribution < -0.4 is 5.56 Å². The molecule has 0 aliphatic carbocycles. The molecular formula is C21H18N8O. The minimum atomic E-state index is -0.130. The summed E-state index contributed by atoms with van der Waals surface area (Å²) in [7, 11) is 0. The molecule has 4 aromatic heterocycles. The van der Waals surface area contributed by atoms with E-state index < -0.39 is 0 Å². The molecule has 0 radical (unpaired) electrons. The van der Waals surface area contributed by atoms with Crippen molar-refractivity contribution in [2.24, 2.45) is 0 Å². The van der Waals surface area contributed by atoms with Crippen LogP contribution in [-0.4, -0.2) is 33.7 Å². The zero-order valence-corrected chi connectivity index (χ0v) is 16.3. The number of nitriles is 1. The highest BCUT2D eigenvalue weighted by Crippen LogP contribution is 2.20. The van der Waals surface area contributed by atoms with E-state index in [0.29, 0.717) is 41.4 Å². The quantitative estimate of drug-likeness (QED) is 0.489. The highest BCUT2D eigenvalue weighted by molar-refractivity contribution is 5.77. The van der Waals surface area contributed by atoms with Gasteiger partial charge in [-0.2, -0.15) is 10.4 Å².